The number of ether oxygens (including phenoxy) is 1. The fourth-order valence-electron chi connectivity index (χ4n) is 7.05. The highest BCUT2D eigenvalue weighted by atomic mass is 35.5. The molecule has 9 nitrogen and oxygen atoms in total. The summed E-state index contributed by atoms with van der Waals surface area (Å²) in [6.45, 7) is 9.93. The average Bonchev–Trinajstić information content (AvgIpc) is 3.64. The van der Waals surface area contributed by atoms with Gasteiger partial charge in [0.25, 0.3) is 0 Å². The number of likely N-dealkylation sites (N-methyl/N-ethyl adjacent to an activating group) is 1. The molecule has 3 saturated heterocycles. The maximum atomic E-state index is 16.8. The molecule has 7 rings (SSSR count). The van der Waals surface area contributed by atoms with Crippen LogP contribution >= 0.6 is 11.6 Å². The van der Waals surface area contributed by atoms with Crippen LogP contribution in [0.4, 0.5) is 10.2 Å². The molecule has 1 N–H and O–H groups in total. The lowest BCUT2D eigenvalue weighted by molar-refractivity contribution is -0.139. The Kier molecular flexibility index (Phi) is 7.01. The number of aromatic amines is 1. The number of rotatable bonds is 6. The molecular formula is C32H35ClFN7O2. The minimum atomic E-state index is -0.509. The first-order valence-electron chi connectivity index (χ1n) is 14.9. The van der Waals surface area contributed by atoms with E-state index in [-0.39, 0.29) is 39.5 Å². The van der Waals surface area contributed by atoms with Crippen molar-refractivity contribution in [2.45, 2.75) is 38.6 Å². The van der Waals surface area contributed by atoms with Crippen LogP contribution in [0, 0.1) is 18.2 Å². The number of hydrogen-bond acceptors (Lipinski definition) is 7. The normalized spacial score (nSPS) is 20.2. The molecule has 0 bridgehead atoms. The summed E-state index contributed by atoms with van der Waals surface area (Å²) in [5.41, 5.74) is 2.83. The highest BCUT2D eigenvalue weighted by Gasteiger charge is 2.46. The highest BCUT2D eigenvalue weighted by molar-refractivity contribution is 6.35. The fourth-order valence-corrected chi connectivity index (χ4v) is 7.34. The molecule has 4 aromatic rings. The van der Waals surface area contributed by atoms with Gasteiger partial charge in [-0.15, -0.1) is 0 Å². The molecule has 3 aliphatic heterocycles. The molecule has 43 heavy (non-hydrogen) atoms. The summed E-state index contributed by atoms with van der Waals surface area (Å²) in [5, 5.41) is 8.90. The minimum absolute atomic E-state index is 0.0217. The van der Waals surface area contributed by atoms with Crippen molar-refractivity contribution < 1.29 is 13.9 Å². The van der Waals surface area contributed by atoms with Gasteiger partial charge in [-0.1, -0.05) is 30.3 Å². The third-order valence-corrected chi connectivity index (χ3v) is 9.96. The molecule has 3 aliphatic rings. The Bertz CT molecular complexity index is 1740. The molecule has 1 atom stereocenters. The summed E-state index contributed by atoms with van der Waals surface area (Å²) < 4.78 is 22.9. The molecule has 0 radical (unpaired) electrons. The number of amides is 1. The number of nitrogens with one attached hydrogen (secondary N) is 1. The van der Waals surface area contributed by atoms with Gasteiger partial charge >= 0.3 is 6.01 Å². The number of piperidine rings is 1. The van der Waals surface area contributed by atoms with Crippen molar-refractivity contribution in [2.24, 2.45) is 5.41 Å². The monoisotopic (exact) mass is 603 g/mol. The van der Waals surface area contributed by atoms with Crippen LogP contribution in [0.15, 0.2) is 37.1 Å². The Morgan fingerprint density at radius 3 is 2.74 bits per heavy atom. The molecule has 2 aromatic heterocycles. The molecule has 0 unspecified atom stereocenters. The van der Waals surface area contributed by atoms with Crippen LogP contribution in [0.25, 0.3) is 32.9 Å². The number of aromatic nitrogens is 4. The van der Waals surface area contributed by atoms with Crippen molar-refractivity contribution in [1.82, 2.24) is 30.0 Å². The third kappa shape index (κ3) is 4.80. The number of aryl methyl sites for hydroxylation is 1. The Labute approximate surface area is 254 Å². The van der Waals surface area contributed by atoms with E-state index in [1.807, 2.05) is 24.0 Å². The fraction of sp³-hybridized carbons (Fsp3) is 0.438. The summed E-state index contributed by atoms with van der Waals surface area (Å²) >= 11 is 6.90. The van der Waals surface area contributed by atoms with Crippen molar-refractivity contribution in [3.05, 3.63) is 53.5 Å². The second-order valence-corrected chi connectivity index (χ2v) is 12.7. The summed E-state index contributed by atoms with van der Waals surface area (Å²) in [4.78, 5) is 27.8. The van der Waals surface area contributed by atoms with E-state index in [0.29, 0.717) is 23.4 Å². The zero-order valence-electron chi connectivity index (χ0n) is 24.5. The number of hydrogen-bond donors (Lipinski definition) is 1. The molecule has 1 spiro atoms. The van der Waals surface area contributed by atoms with Crippen LogP contribution in [0.5, 0.6) is 6.01 Å². The summed E-state index contributed by atoms with van der Waals surface area (Å²) in [5.74, 6) is 0.0913. The van der Waals surface area contributed by atoms with Crippen LogP contribution in [0.3, 0.4) is 0 Å². The maximum absolute atomic E-state index is 16.8. The highest BCUT2D eigenvalue weighted by Crippen LogP contribution is 2.45. The molecule has 0 saturated carbocycles. The van der Waals surface area contributed by atoms with E-state index >= 15 is 4.39 Å². The minimum Gasteiger partial charge on any atom is -0.462 e. The Morgan fingerprint density at radius 2 is 2.02 bits per heavy atom. The molecule has 0 aliphatic carbocycles. The molecule has 224 valence electrons. The van der Waals surface area contributed by atoms with Crippen LogP contribution in [-0.2, 0) is 4.79 Å². The molecule has 2 aromatic carbocycles. The Hall–Kier alpha value is -3.76. The zero-order chi connectivity index (χ0) is 29.9. The van der Waals surface area contributed by atoms with Crippen molar-refractivity contribution in [3.63, 3.8) is 0 Å². The number of benzene rings is 2. The number of nitrogens with zero attached hydrogens (tertiary/aromatic N) is 6. The Balaban J connectivity index is 1.28. The number of anilines is 1. The number of halogens is 2. The molecule has 5 heterocycles. The number of carbonyl (C=O) groups excluding carboxylic acids is 1. The van der Waals surface area contributed by atoms with Gasteiger partial charge in [0.05, 0.1) is 16.7 Å². The summed E-state index contributed by atoms with van der Waals surface area (Å²) in [7, 11) is 2.09. The van der Waals surface area contributed by atoms with Gasteiger partial charge in [0.1, 0.15) is 17.9 Å². The lowest BCUT2D eigenvalue weighted by Crippen LogP contribution is -2.61. The van der Waals surface area contributed by atoms with Gasteiger partial charge in [-0.3, -0.25) is 9.89 Å². The lowest BCUT2D eigenvalue weighted by atomic mass is 9.72. The van der Waals surface area contributed by atoms with E-state index in [9.17, 15) is 4.79 Å². The maximum Gasteiger partial charge on any atom is 0.319 e. The molecular weight excluding hydrogens is 569 g/mol. The molecule has 11 heteroatoms. The standard InChI is InChI=1S/C32H35ClFN7O2/c1-4-24(42)41-17-32(18-41)9-12-40(13-10-32)30-22-14-23(33)26(25-19(2)7-8-20-15-35-38-28(20)25)27(34)29(22)36-31(37-30)43-16-21-6-5-11-39(21)3/h4,7-8,14-15,21H,1,5-6,9-13,16-18H2,2-3H3,(H,35,38)/t21-/m0/s1. The molecule has 1 amide bonds. The predicted molar refractivity (Wildman–Crippen MR) is 166 cm³/mol. The van der Waals surface area contributed by atoms with Crippen LogP contribution in [0.1, 0.15) is 31.2 Å². The van der Waals surface area contributed by atoms with E-state index in [2.05, 4.69) is 38.6 Å². The van der Waals surface area contributed by atoms with E-state index in [4.69, 9.17) is 21.3 Å². The van der Waals surface area contributed by atoms with E-state index in [1.54, 1.807) is 12.3 Å². The quantitative estimate of drug-likeness (QED) is 0.297. The number of carbonyl (C=O) groups is 1. The van der Waals surface area contributed by atoms with Crippen molar-refractivity contribution in [3.8, 4) is 17.1 Å². The third-order valence-electron chi connectivity index (χ3n) is 9.66. The average molecular weight is 604 g/mol. The van der Waals surface area contributed by atoms with Gasteiger partial charge in [-0.25, -0.2) is 4.39 Å². The smallest absolute Gasteiger partial charge is 0.319 e. The van der Waals surface area contributed by atoms with Gasteiger partial charge in [0.2, 0.25) is 5.91 Å². The van der Waals surface area contributed by atoms with Gasteiger partial charge in [0, 0.05) is 59.5 Å². The van der Waals surface area contributed by atoms with E-state index < -0.39 is 5.82 Å². The second kappa shape index (κ2) is 10.7. The number of likely N-dealkylation sites (tertiary alicyclic amines) is 2. The first-order chi connectivity index (χ1) is 20.8. The van der Waals surface area contributed by atoms with Crippen molar-refractivity contribution in [1.29, 1.82) is 0 Å². The van der Waals surface area contributed by atoms with E-state index in [0.717, 1.165) is 74.9 Å². The summed E-state index contributed by atoms with van der Waals surface area (Å²) in [6.07, 6.45) is 7.05. The zero-order valence-corrected chi connectivity index (χ0v) is 25.3. The molecule has 3 fully saturated rings. The second-order valence-electron chi connectivity index (χ2n) is 12.3. The Morgan fingerprint density at radius 1 is 1.23 bits per heavy atom. The number of H-pyrrole nitrogens is 1. The SMILES string of the molecule is C=CC(=O)N1CC2(CCN(c3nc(OC[C@@H]4CCCN4C)nc4c(F)c(-c5c(C)ccc6cn[nH]c56)c(Cl)cc34)CC2)C1. The van der Waals surface area contributed by atoms with Gasteiger partial charge in [-0.2, -0.15) is 15.1 Å². The summed E-state index contributed by atoms with van der Waals surface area (Å²) in [6, 6.07) is 6.11. The van der Waals surface area contributed by atoms with Crippen LogP contribution < -0.4 is 9.64 Å². The van der Waals surface area contributed by atoms with Crippen LogP contribution in [0.2, 0.25) is 5.02 Å². The van der Waals surface area contributed by atoms with Crippen molar-refractivity contribution in [2.75, 3.05) is 51.3 Å². The van der Waals surface area contributed by atoms with Crippen molar-refractivity contribution >= 4 is 45.1 Å². The van der Waals surface area contributed by atoms with Gasteiger partial charge < -0.3 is 19.4 Å². The largest absolute Gasteiger partial charge is 0.462 e. The van der Waals surface area contributed by atoms with Gasteiger partial charge in [-0.05, 0) is 63.9 Å². The topological polar surface area (TPSA) is 90.5 Å². The first kappa shape index (κ1) is 28.0. The van der Waals surface area contributed by atoms with Gasteiger partial charge in [0.15, 0.2) is 5.82 Å². The first-order valence-corrected chi connectivity index (χ1v) is 15.3. The van der Waals surface area contributed by atoms with E-state index in [1.165, 1.54) is 6.08 Å². The number of fused-ring (bicyclic) bond motifs is 2. The van der Waals surface area contributed by atoms with Crippen LogP contribution in [-0.4, -0.2) is 88.3 Å². The predicted octanol–water partition coefficient (Wildman–Crippen LogP) is 5.36. The lowest BCUT2D eigenvalue weighted by Gasteiger charge is -2.54.